The summed E-state index contributed by atoms with van der Waals surface area (Å²) in [6.07, 6.45) is 3.43. The highest BCUT2D eigenvalue weighted by molar-refractivity contribution is 7.89. The van der Waals surface area contributed by atoms with Gasteiger partial charge in [0.1, 0.15) is 17.7 Å². The van der Waals surface area contributed by atoms with Gasteiger partial charge in [0.15, 0.2) is 0 Å². The number of piperazine rings is 1. The number of urea groups is 1. The number of hydrogen-bond donors (Lipinski definition) is 4. The molecule has 3 amide bonds. The Morgan fingerprint density at radius 1 is 0.979 bits per heavy atom. The summed E-state index contributed by atoms with van der Waals surface area (Å²) in [6, 6.07) is 11.9. The van der Waals surface area contributed by atoms with Crippen LogP contribution in [0.25, 0.3) is 10.9 Å². The fraction of sp³-hybridized carbons (Fsp3) is 0.500. The molecule has 2 heterocycles. The Hall–Kier alpha value is -3.94. The molecule has 0 aliphatic carbocycles. The summed E-state index contributed by atoms with van der Waals surface area (Å²) in [7, 11) is -3.72. The Kier molecular flexibility index (Phi) is 11.7. The number of H-pyrrole nitrogens is 1. The van der Waals surface area contributed by atoms with E-state index in [2.05, 4.69) is 15.6 Å². The Morgan fingerprint density at radius 3 is 2.28 bits per heavy atom. The topological polar surface area (TPSA) is 167 Å². The van der Waals surface area contributed by atoms with Crippen LogP contribution in [-0.2, 0) is 24.3 Å². The lowest BCUT2D eigenvalue weighted by Crippen LogP contribution is -2.59. The lowest BCUT2D eigenvalue weighted by Gasteiger charge is -2.35. The number of aryl methyl sites for hydroxylation is 1. The molecule has 0 saturated carbocycles. The largest absolute Gasteiger partial charge is 0.458 e. The van der Waals surface area contributed by atoms with Crippen LogP contribution in [0.3, 0.4) is 0 Å². The lowest BCUT2D eigenvalue weighted by atomic mass is 9.92. The quantitative estimate of drug-likeness (QED) is 0.169. The van der Waals surface area contributed by atoms with E-state index >= 15 is 0 Å². The fourth-order valence-electron chi connectivity index (χ4n) is 5.66. The number of para-hydroxylation sites is 1. The molecule has 0 radical (unpaired) electrons. The van der Waals surface area contributed by atoms with Gasteiger partial charge in [0.2, 0.25) is 15.9 Å². The molecule has 5 N–H and O–H groups in total. The van der Waals surface area contributed by atoms with Crippen molar-refractivity contribution in [3.05, 3.63) is 65.9 Å². The normalized spacial score (nSPS) is 16.3. The molecular weight excluding hydrogens is 620 g/mol. The first-order valence-corrected chi connectivity index (χ1v) is 17.6. The van der Waals surface area contributed by atoms with Crippen molar-refractivity contribution in [3.8, 4) is 0 Å². The van der Waals surface area contributed by atoms with E-state index in [1.165, 1.54) is 9.21 Å². The maximum atomic E-state index is 14.0. The van der Waals surface area contributed by atoms with Crippen LogP contribution in [0.15, 0.2) is 59.6 Å². The zero-order valence-electron chi connectivity index (χ0n) is 27.9. The standard InChI is InChI=1S/C34H48N6O6S/c1-23-13-15-25(16-14-23)47(44,45)40-20-18-39(19-21-40)33(43)38-30(24(2)27-22-36-28-11-7-6-10-26(27)28)31(41)37-29(12-8-9-17-35)32(42)46-34(3,4)5/h6-7,10-11,13-16,22,24,29-30,36H,8-9,12,17-21,35H2,1-5H3,(H,37,41)(H,38,43). The molecule has 12 nitrogen and oxygen atoms in total. The highest BCUT2D eigenvalue weighted by Crippen LogP contribution is 2.28. The van der Waals surface area contributed by atoms with Crippen LogP contribution in [0.2, 0.25) is 0 Å². The van der Waals surface area contributed by atoms with Gasteiger partial charge in [-0.3, -0.25) is 4.79 Å². The number of nitrogens with two attached hydrogens (primary N) is 1. The van der Waals surface area contributed by atoms with E-state index in [4.69, 9.17) is 10.5 Å². The van der Waals surface area contributed by atoms with Gasteiger partial charge in [-0.2, -0.15) is 4.31 Å². The molecule has 4 rings (SSSR count). The van der Waals surface area contributed by atoms with Crippen LogP contribution < -0.4 is 16.4 Å². The minimum absolute atomic E-state index is 0.111. The zero-order valence-corrected chi connectivity index (χ0v) is 28.7. The Balaban J connectivity index is 1.53. The van der Waals surface area contributed by atoms with Gasteiger partial charge in [0.05, 0.1) is 4.90 Å². The number of carbonyl (C=O) groups excluding carboxylic acids is 3. The average Bonchev–Trinajstić information content (AvgIpc) is 3.46. The van der Waals surface area contributed by atoms with E-state index in [9.17, 15) is 22.8 Å². The summed E-state index contributed by atoms with van der Waals surface area (Å²) in [5.41, 5.74) is 7.59. The molecule has 256 valence electrons. The number of esters is 1. The summed E-state index contributed by atoms with van der Waals surface area (Å²) in [4.78, 5) is 45.8. The predicted octanol–water partition coefficient (Wildman–Crippen LogP) is 3.62. The SMILES string of the molecule is Cc1ccc(S(=O)(=O)N2CCN(C(=O)NC(C(=O)NC(CCCCN)C(=O)OC(C)(C)C)C(C)c3c[nH]c4ccccc34)CC2)cc1. The number of benzene rings is 2. The molecule has 47 heavy (non-hydrogen) atoms. The molecule has 1 saturated heterocycles. The average molecular weight is 669 g/mol. The third-order valence-corrected chi connectivity index (χ3v) is 10.2. The number of amides is 3. The second-order valence-corrected chi connectivity index (χ2v) is 15.0. The summed E-state index contributed by atoms with van der Waals surface area (Å²) < 4.78 is 33.4. The number of aromatic nitrogens is 1. The van der Waals surface area contributed by atoms with Crippen molar-refractivity contribution in [1.82, 2.24) is 24.8 Å². The van der Waals surface area contributed by atoms with Crippen LogP contribution in [-0.4, -0.2) is 90.9 Å². The molecule has 1 aromatic heterocycles. The molecular formula is C34H48N6O6S. The van der Waals surface area contributed by atoms with Gasteiger partial charge < -0.3 is 31.0 Å². The number of fused-ring (bicyclic) bond motifs is 1. The monoisotopic (exact) mass is 668 g/mol. The predicted molar refractivity (Wildman–Crippen MR) is 181 cm³/mol. The van der Waals surface area contributed by atoms with Crippen molar-refractivity contribution in [2.75, 3.05) is 32.7 Å². The van der Waals surface area contributed by atoms with Crippen molar-refractivity contribution >= 4 is 38.8 Å². The number of aromatic amines is 1. The Bertz CT molecular complexity index is 1640. The van der Waals surface area contributed by atoms with Gasteiger partial charge >= 0.3 is 12.0 Å². The summed E-state index contributed by atoms with van der Waals surface area (Å²) in [5, 5.41) is 6.68. The Morgan fingerprint density at radius 2 is 1.64 bits per heavy atom. The van der Waals surface area contributed by atoms with Crippen molar-refractivity contribution in [3.63, 3.8) is 0 Å². The van der Waals surface area contributed by atoms with Crippen molar-refractivity contribution in [1.29, 1.82) is 0 Å². The van der Waals surface area contributed by atoms with Gasteiger partial charge in [0, 0.05) is 49.2 Å². The molecule has 1 aliphatic rings. The summed E-state index contributed by atoms with van der Waals surface area (Å²) in [5.74, 6) is -1.58. The number of rotatable bonds is 12. The first kappa shape index (κ1) is 35.9. The number of hydrogen-bond acceptors (Lipinski definition) is 7. The number of carbonyl (C=O) groups is 3. The van der Waals surface area contributed by atoms with E-state index < -0.39 is 51.5 Å². The minimum atomic E-state index is -3.72. The van der Waals surface area contributed by atoms with Crippen LogP contribution in [0.4, 0.5) is 4.79 Å². The molecule has 3 unspecified atom stereocenters. The van der Waals surface area contributed by atoms with Crippen LogP contribution in [0.5, 0.6) is 0 Å². The smallest absolute Gasteiger partial charge is 0.329 e. The number of nitrogens with zero attached hydrogens (tertiary/aromatic N) is 2. The molecule has 0 bridgehead atoms. The first-order valence-electron chi connectivity index (χ1n) is 16.1. The van der Waals surface area contributed by atoms with Crippen molar-refractivity contribution < 1.29 is 27.5 Å². The van der Waals surface area contributed by atoms with E-state index in [0.29, 0.717) is 25.8 Å². The van der Waals surface area contributed by atoms with E-state index in [1.807, 2.05) is 44.3 Å². The second-order valence-electron chi connectivity index (χ2n) is 13.1. The van der Waals surface area contributed by atoms with Crippen LogP contribution >= 0.6 is 0 Å². The number of unbranched alkanes of at least 4 members (excludes halogenated alkanes) is 1. The second kappa shape index (κ2) is 15.3. The van der Waals surface area contributed by atoms with Gasteiger partial charge in [-0.1, -0.05) is 42.8 Å². The lowest BCUT2D eigenvalue weighted by molar-refractivity contribution is -0.159. The molecule has 0 spiro atoms. The highest BCUT2D eigenvalue weighted by Gasteiger charge is 2.36. The molecule has 3 atom stereocenters. The zero-order chi connectivity index (χ0) is 34.4. The third kappa shape index (κ3) is 9.11. The number of sulfonamides is 1. The first-order chi connectivity index (χ1) is 22.2. The van der Waals surface area contributed by atoms with Gasteiger partial charge in [-0.05, 0) is 77.3 Å². The van der Waals surface area contributed by atoms with E-state index in [0.717, 1.165) is 22.0 Å². The summed E-state index contributed by atoms with van der Waals surface area (Å²) >= 11 is 0. The van der Waals surface area contributed by atoms with E-state index in [-0.39, 0.29) is 31.1 Å². The van der Waals surface area contributed by atoms with Crippen molar-refractivity contribution in [2.24, 2.45) is 5.73 Å². The maximum Gasteiger partial charge on any atom is 0.329 e. The van der Waals surface area contributed by atoms with Crippen LogP contribution in [0.1, 0.15) is 64.0 Å². The van der Waals surface area contributed by atoms with Crippen molar-refractivity contribution in [2.45, 2.75) is 82.4 Å². The van der Waals surface area contributed by atoms with Crippen LogP contribution in [0, 0.1) is 6.92 Å². The molecule has 3 aromatic rings. The van der Waals surface area contributed by atoms with E-state index in [1.54, 1.807) is 45.0 Å². The van der Waals surface area contributed by atoms with Gasteiger partial charge in [0.25, 0.3) is 0 Å². The highest BCUT2D eigenvalue weighted by atomic mass is 32.2. The molecule has 1 aliphatic heterocycles. The number of nitrogens with one attached hydrogen (secondary N) is 3. The molecule has 2 aromatic carbocycles. The number of ether oxygens (including phenoxy) is 1. The van der Waals surface area contributed by atoms with Gasteiger partial charge in [-0.15, -0.1) is 0 Å². The summed E-state index contributed by atoms with van der Waals surface area (Å²) in [6.45, 7) is 9.99. The fourth-order valence-corrected chi connectivity index (χ4v) is 7.08. The Labute approximate surface area is 277 Å². The van der Waals surface area contributed by atoms with Gasteiger partial charge in [-0.25, -0.2) is 18.0 Å². The maximum absolute atomic E-state index is 14.0. The third-order valence-electron chi connectivity index (χ3n) is 8.31. The molecule has 1 fully saturated rings. The minimum Gasteiger partial charge on any atom is -0.458 e. The molecule has 13 heteroatoms.